The molecule has 3 rings (SSSR count). The number of pyridine rings is 1. The first-order chi connectivity index (χ1) is 14.3. The SMILES string of the molecule is CC(C)c1nc2c(c(C3=CCOCC3)c1C=O)C(O[Si-](C)(C)C(C)(C)C)CC(C)(C)C2. The Hall–Kier alpha value is -1.30. The van der Waals surface area contributed by atoms with E-state index < -0.39 is 8.32 Å². The molecule has 2 aliphatic rings. The van der Waals surface area contributed by atoms with Gasteiger partial charge in [0.1, 0.15) is 0 Å². The maximum atomic E-state index is 12.4. The zero-order valence-electron chi connectivity index (χ0n) is 21.0. The topological polar surface area (TPSA) is 48.4 Å². The maximum absolute atomic E-state index is 12.4. The predicted octanol–water partition coefficient (Wildman–Crippen LogP) is 6.86. The highest BCUT2D eigenvalue weighted by Gasteiger charge is 2.39. The van der Waals surface area contributed by atoms with Gasteiger partial charge in [0.25, 0.3) is 0 Å². The van der Waals surface area contributed by atoms with Gasteiger partial charge in [-0.15, -0.1) is 18.1 Å². The van der Waals surface area contributed by atoms with Crippen molar-refractivity contribution in [2.24, 2.45) is 5.41 Å². The highest BCUT2D eigenvalue weighted by molar-refractivity contribution is 6.74. The zero-order valence-corrected chi connectivity index (χ0v) is 22.0. The summed E-state index contributed by atoms with van der Waals surface area (Å²) >= 11 is 0. The van der Waals surface area contributed by atoms with E-state index in [1.54, 1.807) is 0 Å². The number of carbonyl (C=O) groups excluding carboxylic acids is 1. The van der Waals surface area contributed by atoms with Gasteiger partial charge in [0.05, 0.1) is 18.9 Å². The van der Waals surface area contributed by atoms with Crippen LogP contribution >= 0.6 is 0 Å². The van der Waals surface area contributed by atoms with Crippen LogP contribution in [-0.4, -0.2) is 32.8 Å². The number of rotatable bonds is 5. The third kappa shape index (κ3) is 4.89. The molecule has 0 spiro atoms. The van der Waals surface area contributed by atoms with Gasteiger partial charge < -0.3 is 9.16 Å². The largest absolute Gasteiger partial charge is 0.559 e. The van der Waals surface area contributed by atoms with Crippen LogP contribution in [-0.2, 0) is 15.6 Å². The normalized spacial score (nSPS) is 21.6. The maximum Gasteiger partial charge on any atom is 0.152 e. The van der Waals surface area contributed by atoms with E-state index in [9.17, 15) is 4.79 Å². The van der Waals surface area contributed by atoms with Crippen molar-refractivity contribution in [1.29, 1.82) is 0 Å². The van der Waals surface area contributed by atoms with E-state index in [1.165, 1.54) is 11.1 Å². The lowest BCUT2D eigenvalue weighted by molar-refractivity contribution is 0.105. The van der Waals surface area contributed by atoms with Crippen LogP contribution in [0.25, 0.3) is 5.57 Å². The molecule has 1 aliphatic carbocycles. The molecule has 1 atom stereocenters. The number of carbonyl (C=O) groups is 1. The second kappa shape index (κ2) is 8.57. The number of aromatic nitrogens is 1. The number of aldehydes is 1. The van der Waals surface area contributed by atoms with Gasteiger partial charge in [0, 0.05) is 22.9 Å². The molecule has 2 heterocycles. The summed E-state index contributed by atoms with van der Waals surface area (Å²) in [5.74, 6) is 0.189. The number of nitrogens with zero attached hydrogens (tertiary/aromatic N) is 1. The Bertz CT molecular complexity index is 878. The molecule has 1 aliphatic heterocycles. The van der Waals surface area contributed by atoms with Gasteiger partial charge in [-0.2, -0.15) is 0 Å². The fraction of sp³-hybridized carbons (Fsp3) is 0.692. The van der Waals surface area contributed by atoms with Crippen molar-refractivity contribution < 1.29 is 14.0 Å². The van der Waals surface area contributed by atoms with Gasteiger partial charge in [-0.05, 0) is 50.0 Å². The number of ether oxygens (including phenoxy) is 1. The van der Waals surface area contributed by atoms with Gasteiger partial charge in [-0.25, -0.2) is 0 Å². The Morgan fingerprint density at radius 2 is 1.97 bits per heavy atom. The minimum atomic E-state index is -2.02. The van der Waals surface area contributed by atoms with E-state index in [2.05, 4.69) is 67.6 Å². The molecule has 5 heteroatoms. The molecule has 0 fully saturated rings. The summed E-state index contributed by atoms with van der Waals surface area (Å²) in [6.07, 6.45) is 5.83. The minimum Gasteiger partial charge on any atom is -0.559 e. The van der Waals surface area contributed by atoms with Crippen molar-refractivity contribution in [3.05, 3.63) is 34.2 Å². The van der Waals surface area contributed by atoms with Crippen molar-refractivity contribution in [2.45, 2.75) is 97.9 Å². The van der Waals surface area contributed by atoms with Crippen molar-refractivity contribution in [3.63, 3.8) is 0 Å². The molecule has 0 amide bonds. The van der Waals surface area contributed by atoms with Crippen LogP contribution in [0, 0.1) is 5.41 Å². The van der Waals surface area contributed by atoms with E-state index in [0.717, 1.165) is 48.1 Å². The Labute approximate surface area is 190 Å². The van der Waals surface area contributed by atoms with Crippen LogP contribution in [0.4, 0.5) is 0 Å². The molecule has 0 radical (unpaired) electrons. The standard InChI is InChI=1S/C26H41NO3Si/c1-17(2)24-19(16-28)22(18-10-12-29-13-11-18)23-20(27-24)14-26(6,7)15-21(23)30-31(8,9)25(3,4)5/h10,16-17,21H,11-15H2,1-9H3/q-1. The third-order valence-corrected chi connectivity index (χ3v) is 11.8. The highest BCUT2D eigenvalue weighted by Crippen LogP contribution is 2.50. The van der Waals surface area contributed by atoms with Gasteiger partial charge >= 0.3 is 0 Å². The molecule has 4 nitrogen and oxygen atoms in total. The molecule has 0 bridgehead atoms. The lowest BCUT2D eigenvalue weighted by Gasteiger charge is -2.53. The van der Waals surface area contributed by atoms with E-state index in [-0.39, 0.29) is 22.5 Å². The third-order valence-electron chi connectivity index (χ3n) is 7.28. The molecule has 1 aromatic heterocycles. The van der Waals surface area contributed by atoms with E-state index in [1.807, 2.05) is 0 Å². The van der Waals surface area contributed by atoms with Crippen LogP contribution in [0.15, 0.2) is 6.08 Å². The quantitative estimate of drug-likeness (QED) is 0.368. The molecule has 31 heavy (non-hydrogen) atoms. The molecular formula is C26H41NO3Si-. The molecule has 1 aromatic rings. The molecule has 0 aromatic carbocycles. The lowest BCUT2D eigenvalue weighted by atomic mass is 9.72. The van der Waals surface area contributed by atoms with Crippen molar-refractivity contribution >= 4 is 20.2 Å². The second-order valence-electron chi connectivity index (χ2n) is 11.9. The van der Waals surface area contributed by atoms with Gasteiger partial charge in [-0.1, -0.05) is 54.5 Å². The summed E-state index contributed by atoms with van der Waals surface area (Å²) in [5.41, 5.74) is 6.38. The predicted molar refractivity (Wildman–Crippen MR) is 130 cm³/mol. The van der Waals surface area contributed by atoms with Crippen LogP contribution < -0.4 is 0 Å². The van der Waals surface area contributed by atoms with E-state index in [0.29, 0.717) is 13.2 Å². The van der Waals surface area contributed by atoms with E-state index >= 15 is 0 Å². The molecule has 0 N–H and O–H groups in total. The summed E-state index contributed by atoms with van der Waals surface area (Å²) in [5, 5.41) is 0.117. The zero-order chi connectivity index (χ0) is 23.2. The number of hydrogen-bond acceptors (Lipinski definition) is 4. The number of fused-ring (bicyclic) bond motifs is 1. The first kappa shape index (κ1) is 24.3. The molecule has 0 saturated heterocycles. The Balaban J connectivity index is 2.29. The Kier molecular flexibility index (Phi) is 6.73. The van der Waals surface area contributed by atoms with Gasteiger partial charge in [0.2, 0.25) is 0 Å². The smallest absolute Gasteiger partial charge is 0.152 e. The second-order valence-corrected chi connectivity index (χ2v) is 16.6. The molecule has 0 saturated carbocycles. The molecular weight excluding hydrogens is 402 g/mol. The average molecular weight is 444 g/mol. The van der Waals surface area contributed by atoms with Crippen LogP contribution in [0.5, 0.6) is 0 Å². The summed E-state index contributed by atoms with van der Waals surface area (Å²) in [7, 11) is -2.02. The first-order valence-electron chi connectivity index (χ1n) is 11.7. The van der Waals surface area contributed by atoms with E-state index in [4.69, 9.17) is 14.1 Å². The van der Waals surface area contributed by atoms with Gasteiger partial charge in [-0.3, -0.25) is 9.78 Å². The number of hydrogen-bond donors (Lipinski definition) is 0. The molecule has 1 unspecified atom stereocenters. The molecule has 173 valence electrons. The van der Waals surface area contributed by atoms with Crippen molar-refractivity contribution in [3.8, 4) is 0 Å². The van der Waals surface area contributed by atoms with Crippen LogP contribution in [0.1, 0.15) is 106 Å². The van der Waals surface area contributed by atoms with Crippen molar-refractivity contribution in [2.75, 3.05) is 13.2 Å². The summed E-state index contributed by atoms with van der Waals surface area (Å²) in [6.45, 7) is 21.7. The van der Waals surface area contributed by atoms with Gasteiger partial charge in [0.15, 0.2) is 6.29 Å². The Morgan fingerprint density at radius 1 is 1.29 bits per heavy atom. The monoisotopic (exact) mass is 443 g/mol. The summed E-state index contributed by atoms with van der Waals surface area (Å²) in [4.78, 5) is 17.6. The van der Waals surface area contributed by atoms with Crippen molar-refractivity contribution in [1.82, 2.24) is 4.98 Å². The minimum absolute atomic E-state index is 0.0363. The fourth-order valence-corrected chi connectivity index (χ4v) is 5.85. The lowest BCUT2D eigenvalue weighted by Crippen LogP contribution is -2.44. The Morgan fingerprint density at radius 3 is 2.48 bits per heavy atom. The van der Waals surface area contributed by atoms with Crippen LogP contribution in [0.3, 0.4) is 0 Å². The average Bonchev–Trinajstić information content (AvgIpc) is 2.65. The van der Waals surface area contributed by atoms with Crippen LogP contribution in [0.2, 0.25) is 18.1 Å². The summed E-state index contributed by atoms with van der Waals surface area (Å²) in [6, 6.07) is 0. The highest BCUT2D eigenvalue weighted by atomic mass is 28.4. The summed E-state index contributed by atoms with van der Waals surface area (Å²) < 4.78 is 12.7. The first-order valence-corrected chi connectivity index (χ1v) is 14.6. The fourth-order valence-electron chi connectivity index (χ4n) is 4.59.